The number of thioether (sulfide) groups is 1. The number of aliphatic imine (C=N–C) groups is 1. The minimum Gasteiger partial charge on any atom is -0.497 e. The lowest BCUT2D eigenvalue weighted by Gasteiger charge is -2.07. The van der Waals surface area contributed by atoms with Crippen molar-refractivity contribution in [1.29, 1.82) is 0 Å². The molecular weight excluding hydrogens is 332 g/mol. The number of benzene rings is 2. The van der Waals surface area contributed by atoms with E-state index in [-0.39, 0.29) is 5.91 Å². The van der Waals surface area contributed by atoms with Crippen molar-refractivity contribution in [3.8, 4) is 5.75 Å². The summed E-state index contributed by atoms with van der Waals surface area (Å²) >= 11 is 1.36. The second kappa shape index (κ2) is 7.15. The van der Waals surface area contributed by atoms with E-state index in [1.807, 2.05) is 30.3 Å². The van der Waals surface area contributed by atoms with Gasteiger partial charge in [-0.15, -0.1) is 0 Å². The lowest BCUT2D eigenvalue weighted by molar-refractivity contribution is -0.115. The molecule has 2 aromatic carbocycles. The first-order valence-corrected chi connectivity index (χ1v) is 8.79. The lowest BCUT2D eigenvalue weighted by atomic mass is 9.99. The second-order valence-electron chi connectivity index (χ2n) is 5.99. The number of hydrogen-bond acceptors (Lipinski definition) is 4. The summed E-state index contributed by atoms with van der Waals surface area (Å²) in [6.45, 7) is 6.21. The summed E-state index contributed by atoms with van der Waals surface area (Å²) in [5.74, 6) is 0.662. The van der Waals surface area contributed by atoms with E-state index in [2.05, 4.69) is 43.2 Å². The van der Waals surface area contributed by atoms with E-state index in [1.165, 1.54) is 28.5 Å². The third-order valence-corrected chi connectivity index (χ3v) is 4.88. The number of carbonyl (C=O) groups excluding carboxylic acids is 1. The van der Waals surface area contributed by atoms with Gasteiger partial charge in [-0.2, -0.15) is 0 Å². The standard InChI is InChI=1S/C20H20N2O2S/c1-12-9-13(2)17(14(3)10-12)11-18-19(23)22-20(25-18)21-15-5-7-16(24-4)8-6-15/h5-11H,1-4H3,(H,21,22,23)/b18-11+. The maximum absolute atomic E-state index is 12.3. The molecule has 0 atom stereocenters. The molecule has 0 aromatic heterocycles. The largest absolute Gasteiger partial charge is 0.497 e. The summed E-state index contributed by atoms with van der Waals surface area (Å²) < 4.78 is 5.14. The molecule has 1 saturated heterocycles. The van der Waals surface area contributed by atoms with Crippen LogP contribution in [0.5, 0.6) is 5.75 Å². The zero-order valence-corrected chi connectivity index (χ0v) is 15.5. The molecule has 0 radical (unpaired) electrons. The maximum atomic E-state index is 12.3. The molecule has 1 fully saturated rings. The Bertz CT molecular complexity index is 860. The number of amidine groups is 1. The van der Waals surface area contributed by atoms with Gasteiger partial charge in [0.1, 0.15) is 5.75 Å². The first-order valence-electron chi connectivity index (χ1n) is 7.98. The van der Waals surface area contributed by atoms with Crippen LogP contribution in [0, 0.1) is 20.8 Å². The molecule has 0 bridgehead atoms. The molecule has 5 heteroatoms. The number of hydrogen-bond donors (Lipinski definition) is 1. The van der Waals surface area contributed by atoms with Crippen molar-refractivity contribution >= 4 is 34.6 Å². The van der Waals surface area contributed by atoms with E-state index >= 15 is 0 Å². The van der Waals surface area contributed by atoms with Crippen molar-refractivity contribution in [2.24, 2.45) is 4.99 Å². The summed E-state index contributed by atoms with van der Waals surface area (Å²) in [6, 6.07) is 11.7. The molecular formula is C20H20N2O2S. The van der Waals surface area contributed by atoms with Crippen LogP contribution < -0.4 is 10.1 Å². The molecule has 1 aliphatic rings. The molecule has 1 N–H and O–H groups in total. The maximum Gasteiger partial charge on any atom is 0.264 e. The third kappa shape index (κ3) is 3.94. The number of rotatable bonds is 3. The molecule has 3 rings (SSSR count). The van der Waals surface area contributed by atoms with Gasteiger partial charge in [0.2, 0.25) is 0 Å². The average molecular weight is 352 g/mol. The van der Waals surface area contributed by atoms with Crippen LogP contribution in [0.2, 0.25) is 0 Å². The smallest absolute Gasteiger partial charge is 0.264 e. The average Bonchev–Trinajstić information content (AvgIpc) is 2.91. The minimum atomic E-state index is -0.114. The van der Waals surface area contributed by atoms with E-state index in [0.717, 1.165) is 17.0 Å². The zero-order valence-electron chi connectivity index (χ0n) is 14.7. The number of nitrogens with zero attached hydrogens (tertiary/aromatic N) is 1. The molecule has 0 saturated carbocycles. The SMILES string of the molecule is COc1ccc(N=C2NC(=O)/C(=C\c3c(C)cc(C)cc3C)S2)cc1. The fourth-order valence-electron chi connectivity index (χ4n) is 2.80. The van der Waals surface area contributed by atoms with E-state index in [4.69, 9.17) is 4.74 Å². The number of amides is 1. The molecule has 2 aromatic rings. The molecule has 1 aliphatic heterocycles. The van der Waals surface area contributed by atoms with E-state index in [1.54, 1.807) is 7.11 Å². The Hall–Kier alpha value is -2.53. The van der Waals surface area contributed by atoms with Crippen molar-refractivity contribution in [2.75, 3.05) is 7.11 Å². The van der Waals surface area contributed by atoms with E-state index in [0.29, 0.717) is 10.1 Å². The van der Waals surface area contributed by atoms with Gasteiger partial charge in [0.05, 0.1) is 17.7 Å². The Morgan fingerprint density at radius 1 is 1.08 bits per heavy atom. The summed E-state index contributed by atoms with van der Waals surface area (Å²) in [7, 11) is 1.63. The number of nitrogens with one attached hydrogen (secondary N) is 1. The lowest BCUT2D eigenvalue weighted by Crippen LogP contribution is -2.19. The summed E-state index contributed by atoms with van der Waals surface area (Å²) in [4.78, 5) is 17.4. The number of ether oxygens (including phenoxy) is 1. The Morgan fingerprint density at radius 3 is 2.32 bits per heavy atom. The first kappa shape index (κ1) is 17.3. The Kier molecular flexibility index (Phi) is 4.95. The molecule has 25 heavy (non-hydrogen) atoms. The molecule has 1 amide bonds. The minimum absolute atomic E-state index is 0.114. The molecule has 4 nitrogen and oxygen atoms in total. The van der Waals surface area contributed by atoms with Gasteiger partial charge in [0.15, 0.2) is 5.17 Å². The van der Waals surface area contributed by atoms with Crippen LogP contribution in [0.15, 0.2) is 46.3 Å². The van der Waals surface area contributed by atoms with Crippen molar-refractivity contribution in [2.45, 2.75) is 20.8 Å². The highest BCUT2D eigenvalue weighted by atomic mass is 32.2. The fourth-order valence-corrected chi connectivity index (χ4v) is 3.63. The summed E-state index contributed by atoms with van der Waals surface area (Å²) in [5.41, 5.74) is 5.42. The van der Waals surface area contributed by atoms with Crippen LogP contribution in [0.3, 0.4) is 0 Å². The number of carbonyl (C=O) groups is 1. The molecule has 0 aliphatic carbocycles. The van der Waals surface area contributed by atoms with Crippen molar-refractivity contribution in [1.82, 2.24) is 5.32 Å². The van der Waals surface area contributed by atoms with Gasteiger partial charge in [-0.25, -0.2) is 4.99 Å². The predicted octanol–water partition coefficient (Wildman–Crippen LogP) is 4.51. The Labute approximate surface area is 152 Å². The van der Waals surface area contributed by atoms with Gasteiger partial charge in [-0.05, 0) is 79.6 Å². The molecule has 128 valence electrons. The van der Waals surface area contributed by atoms with Gasteiger partial charge in [0.25, 0.3) is 5.91 Å². The number of aryl methyl sites for hydroxylation is 3. The molecule has 0 spiro atoms. The fraction of sp³-hybridized carbons (Fsp3) is 0.200. The predicted molar refractivity (Wildman–Crippen MR) is 104 cm³/mol. The second-order valence-corrected chi connectivity index (χ2v) is 7.02. The van der Waals surface area contributed by atoms with Crippen LogP contribution in [-0.2, 0) is 4.79 Å². The molecule has 1 heterocycles. The van der Waals surface area contributed by atoms with Crippen LogP contribution in [0.4, 0.5) is 5.69 Å². The van der Waals surface area contributed by atoms with Crippen molar-refractivity contribution in [3.63, 3.8) is 0 Å². The van der Waals surface area contributed by atoms with Gasteiger partial charge in [-0.3, -0.25) is 4.79 Å². The van der Waals surface area contributed by atoms with Gasteiger partial charge in [0, 0.05) is 0 Å². The van der Waals surface area contributed by atoms with Crippen LogP contribution in [-0.4, -0.2) is 18.2 Å². The van der Waals surface area contributed by atoms with Gasteiger partial charge in [-0.1, -0.05) is 17.7 Å². The Morgan fingerprint density at radius 2 is 1.72 bits per heavy atom. The quantitative estimate of drug-likeness (QED) is 0.827. The Balaban J connectivity index is 1.86. The van der Waals surface area contributed by atoms with E-state index in [9.17, 15) is 4.79 Å². The third-order valence-electron chi connectivity index (χ3n) is 3.97. The van der Waals surface area contributed by atoms with Gasteiger partial charge < -0.3 is 10.1 Å². The monoisotopic (exact) mass is 352 g/mol. The van der Waals surface area contributed by atoms with Crippen molar-refractivity contribution in [3.05, 3.63) is 63.6 Å². The topological polar surface area (TPSA) is 50.7 Å². The van der Waals surface area contributed by atoms with Crippen LogP contribution in [0.1, 0.15) is 22.3 Å². The highest BCUT2D eigenvalue weighted by Crippen LogP contribution is 2.30. The summed E-state index contributed by atoms with van der Waals surface area (Å²) in [6.07, 6.45) is 1.95. The number of methoxy groups -OCH3 is 1. The summed E-state index contributed by atoms with van der Waals surface area (Å²) in [5, 5.41) is 3.41. The first-order chi connectivity index (χ1) is 12.0. The molecule has 0 unspecified atom stereocenters. The normalized spacial score (nSPS) is 17.2. The highest BCUT2D eigenvalue weighted by Gasteiger charge is 2.24. The van der Waals surface area contributed by atoms with Crippen molar-refractivity contribution < 1.29 is 9.53 Å². The van der Waals surface area contributed by atoms with Crippen LogP contribution >= 0.6 is 11.8 Å². The van der Waals surface area contributed by atoms with Gasteiger partial charge >= 0.3 is 0 Å². The van der Waals surface area contributed by atoms with E-state index < -0.39 is 0 Å². The highest BCUT2D eigenvalue weighted by molar-refractivity contribution is 8.18. The zero-order chi connectivity index (χ0) is 18.0. The van der Waals surface area contributed by atoms with Crippen LogP contribution in [0.25, 0.3) is 6.08 Å².